The first-order valence-electron chi connectivity index (χ1n) is 6.28. The molecule has 0 unspecified atom stereocenters. The number of benzene rings is 1. The van der Waals surface area contributed by atoms with Crippen molar-refractivity contribution in [2.45, 2.75) is 6.92 Å². The summed E-state index contributed by atoms with van der Waals surface area (Å²) in [4.78, 5) is 12.2. The lowest BCUT2D eigenvalue weighted by Crippen LogP contribution is -2.12. The molecule has 0 fully saturated rings. The highest BCUT2D eigenvalue weighted by molar-refractivity contribution is 7.13. The second kappa shape index (κ2) is 4.98. The predicted octanol–water partition coefficient (Wildman–Crippen LogP) is 3.61. The average Bonchev–Trinajstić information content (AvgIpc) is 3.08. The van der Waals surface area contributed by atoms with E-state index < -0.39 is 5.91 Å². The summed E-state index contributed by atoms with van der Waals surface area (Å²) in [6.07, 6.45) is 3.85. The van der Waals surface area contributed by atoms with Crippen molar-refractivity contribution < 1.29 is 4.79 Å². The standard InChI is InChI=1S/C16H14N2OS/c1-11-4-6-12(7-5-11)13-10-20-15(16(17)19)14(13)18-8-2-3-9-18/h2-10H,1H3,(H2,17,19). The Morgan fingerprint density at radius 2 is 1.80 bits per heavy atom. The van der Waals surface area contributed by atoms with Crippen LogP contribution in [0.2, 0.25) is 0 Å². The number of hydrogen-bond acceptors (Lipinski definition) is 2. The first kappa shape index (κ1) is 12.7. The Labute approximate surface area is 121 Å². The van der Waals surface area contributed by atoms with Crippen molar-refractivity contribution in [1.29, 1.82) is 0 Å². The van der Waals surface area contributed by atoms with Crippen molar-refractivity contribution in [3.05, 3.63) is 64.6 Å². The molecule has 0 saturated carbocycles. The molecule has 100 valence electrons. The third kappa shape index (κ3) is 2.14. The molecular formula is C16H14N2OS. The van der Waals surface area contributed by atoms with Gasteiger partial charge in [-0.05, 0) is 24.6 Å². The molecule has 1 amide bonds. The number of rotatable bonds is 3. The van der Waals surface area contributed by atoms with Gasteiger partial charge in [-0.2, -0.15) is 0 Å². The largest absolute Gasteiger partial charge is 0.365 e. The fourth-order valence-corrected chi connectivity index (χ4v) is 3.13. The van der Waals surface area contributed by atoms with Crippen molar-refractivity contribution in [2.75, 3.05) is 0 Å². The minimum Gasteiger partial charge on any atom is -0.365 e. The monoisotopic (exact) mass is 282 g/mol. The second-order valence-corrected chi connectivity index (χ2v) is 5.53. The number of nitrogens with two attached hydrogens (primary N) is 1. The van der Waals surface area contributed by atoms with E-state index in [9.17, 15) is 4.79 Å². The molecule has 0 radical (unpaired) electrons. The maximum absolute atomic E-state index is 11.6. The first-order chi connectivity index (χ1) is 9.66. The van der Waals surface area contributed by atoms with Crippen LogP contribution in [-0.2, 0) is 0 Å². The Bertz CT molecular complexity index is 739. The van der Waals surface area contributed by atoms with E-state index in [0.29, 0.717) is 4.88 Å². The number of hydrogen-bond donors (Lipinski definition) is 1. The molecule has 2 aromatic heterocycles. The van der Waals surface area contributed by atoms with Gasteiger partial charge in [0.05, 0.1) is 5.69 Å². The zero-order valence-corrected chi connectivity index (χ0v) is 11.9. The summed E-state index contributed by atoms with van der Waals surface area (Å²) in [6, 6.07) is 12.1. The van der Waals surface area contributed by atoms with E-state index in [1.165, 1.54) is 16.9 Å². The van der Waals surface area contributed by atoms with Crippen LogP contribution in [0.15, 0.2) is 54.2 Å². The predicted molar refractivity (Wildman–Crippen MR) is 82.3 cm³/mol. The Morgan fingerprint density at radius 1 is 1.15 bits per heavy atom. The maximum Gasteiger partial charge on any atom is 0.260 e. The number of thiophene rings is 1. The van der Waals surface area contributed by atoms with Crippen molar-refractivity contribution in [3.8, 4) is 16.8 Å². The van der Waals surface area contributed by atoms with Crippen LogP contribution < -0.4 is 5.73 Å². The highest BCUT2D eigenvalue weighted by atomic mass is 32.1. The van der Waals surface area contributed by atoms with E-state index in [-0.39, 0.29) is 0 Å². The van der Waals surface area contributed by atoms with E-state index in [2.05, 4.69) is 31.2 Å². The van der Waals surface area contributed by atoms with Crippen LogP contribution in [-0.4, -0.2) is 10.5 Å². The number of nitrogens with zero attached hydrogens (tertiary/aromatic N) is 1. The Hall–Kier alpha value is -2.33. The summed E-state index contributed by atoms with van der Waals surface area (Å²) in [5, 5.41) is 1.99. The van der Waals surface area contributed by atoms with E-state index in [1.807, 2.05) is 34.5 Å². The molecule has 3 nitrogen and oxygen atoms in total. The summed E-state index contributed by atoms with van der Waals surface area (Å²) in [6.45, 7) is 2.05. The molecule has 4 heteroatoms. The molecule has 0 aliphatic carbocycles. The van der Waals surface area contributed by atoms with Gasteiger partial charge >= 0.3 is 0 Å². The van der Waals surface area contributed by atoms with E-state index in [4.69, 9.17) is 5.73 Å². The zero-order chi connectivity index (χ0) is 14.1. The van der Waals surface area contributed by atoms with E-state index in [1.54, 1.807) is 0 Å². The smallest absolute Gasteiger partial charge is 0.260 e. The van der Waals surface area contributed by atoms with Gasteiger partial charge in [-0.3, -0.25) is 4.79 Å². The van der Waals surface area contributed by atoms with Gasteiger partial charge in [-0.15, -0.1) is 11.3 Å². The fourth-order valence-electron chi connectivity index (χ4n) is 2.20. The van der Waals surface area contributed by atoms with Gasteiger partial charge in [0.25, 0.3) is 5.91 Å². The lowest BCUT2D eigenvalue weighted by Gasteiger charge is -2.08. The van der Waals surface area contributed by atoms with Crippen molar-refractivity contribution in [3.63, 3.8) is 0 Å². The van der Waals surface area contributed by atoms with Crippen LogP contribution in [0.3, 0.4) is 0 Å². The molecule has 0 spiro atoms. The van der Waals surface area contributed by atoms with Gasteiger partial charge in [0.1, 0.15) is 4.88 Å². The van der Waals surface area contributed by atoms with Crippen LogP contribution >= 0.6 is 11.3 Å². The highest BCUT2D eigenvalue weighted by Gasteiger charge is 2.18. The SMILES string of the molecule is Cc1ccc(-c2csc(C(N)=O)c2-n2cccc2)cc1. The number of primary amides is 1. The van der Waals surface area contributed by atoms with Crippen molar-refractivity contribution >= 4 is 17.2 Å². The molecule has 0 saturated heterocycles. The molecule has 0 bridgehead atoms. The van der Waals surface area contributed by atoms with Gasteiger partial charge in [0.2, 0.25) is 0 Å². The van der Waals surface area contributed by atoms with Crippen LogP contribution in [0.25, 0.3) is 16.8 Å². The zero-order valence-electron chi connectivity index (χ0n) is 11.0. The number of carbonyl (C=O) groups excluding carboxylic acids is 1. The average molecular weight is 282 g/mol. The molecule has 0 atom stereocenters. The van der Waals surface area contributed by atoms with Crippen molar-refractivity contribution in [2.24, 2.45) is 5.73 Å². The quantitative estimate of drug-likeness (QED) is 0.783. The third-order valence-corrected chi connectivity index (χ3v) is 4.20. The minimum absolute atomic E-state index is 0.392. The van der Waals surface area contributed by atoms with Gasteiger partial charge < -0.3 is 10.3 Å². The second-order valence-electron chi connectivity index (χ2n) is 4.65. The Kier molecular flexibility index (Phi) is 3.16. The molecule has 0 aliphatic heterocycles. The summed E-state index contributed by atoms with van der Waals surface area (Å²) in [5.41, 5.74) is 9.68. The summed E-state index contributed by atoms with van der Waals surface area (Å²) < 4.78 is 1.94. The molecule has 3 rings (SSSR count). The van der Waals surface area contributed by atoms with Crippen LogP contribution in [0.4, 0.5) is 0 Å². The summed E-state index contributed by atoms with van der Waals surface area (Å²) in [7, 11) is 0. The lowest BCUT2D eigenvalue weighted by molar-refractivity contribution is 0.100. The van der Waals surface area contributed by atoms with Gasteiger partial charge in [-0.1, -0.05) is 29.8 Å². The molecule has 2 N–H and O–H groups in total. The maximum atomic E-state index is 11.6. The summed E-state index contributed by atoms with van der Waals surface area (Å²) >= 11 is 1.39. The van der Waals surface area contributed by atoms with E-state index in [0.717, 1.165) is 16.8 Å². The Balaban J connectivity index is 2.21. The fraction of sp³-hybridized carbons (Fsp3) is 0.0625. The van der Waals surface area contributed by atoms with Gasteiger partial charge in [0, 0.05) is 23.3 Å². The van der Waals surface area contributed by atoms with E-state index >= 15 is 0 Å². The summed E-state index contributed by atoms with van der Waals surface area (Å²) in [5.74, 6) is -0.392. The number of amides is 1. The molecular weight excluding hydrogens is 268 g/mol. The van der Waals surface area contributed by atoms with Crippen molar-refractivity contribution in [1.82, 2.24) is 4.57 Å². The topological polar surface area (TPSA) is 48.0 Å². The molecule has 20 heavy (non-hydrogen) atoms. The third-order valence-electron chi connectivity index (χ3n) is 3.21. The van der Waals surface area contributed by atoms with Crippen LogP contribution in [0.5, 0.6) is 0 Å². The van der Waals surface area contributed by atoms with Gasteiger partial charge in [-0.25, -0.2) is 0 Å². The molecule has 1 aromatic carbocycles. The van der Waals surface area contributed by atoms with Crippen LogP contribution in [0.1, 0.15) is 15.2 Å². The number of carbonyl (C=O) groups is 1. The molecule has 2 heterocycles. The number of aromatic nitrogens is 1. The van der Waals surface area contributed by atoms with Gasteiger partial charge in [0.15, 0.2) is 0 Å². The minimum atomic E-state index is -0.392. The highest BCUT2D eigenvalue weighted by Crippen LogP contribution is 2.34. The molecule has 0 aliphatic rings. The number of aryl methyl sites for hydroxylation is 1. The lowest BCUT2D eigenvalue weighted by atomic mass is 10.0. The van der Waals surface area contributed by atoms with Crippen LogP contribution in [0, 0.1) is 6.92 Å². The normalized spacial score (nSPS) is 10.7. The Morgan fingerprint density at radius 3 is 2.40 bits per heavy atom. The first-order valence-corrected chi connectivity index (χ1v) is 7.16. The molecule has 3 aromatic rings.